The topological polar surface area (TPSA) is 0 Å². The third-order valence-electron chi connectivity index (χ3n) is 4.77. The van der Waals surface area contributed by atoms with Gasteiger partial charge in [0.05, 0.1) is 5.41 Å². The molecule has 0 nitrogen and oxygen atoms in total. The van der Waals surface area contributed by atoms with Gasteiger partial charge in [-0.3, -0.25) is 0 Å². The predicted octanol–water partition coefficient (Wildman–Crippen LogP) is 5.78. The molecule has 0 saturated heterocycles. The standard InChI is InChI=1S/C18H13Cl3/c19-16-14(12-7-3-1-4-8-12)11-15-17(16,18(15,20)21)13-9-5-2-6-10-13/h1-10,15H,11H2. The average Bonchev–Trinajstić information content (AvgIpc) is 2.83. The van der Waals surface area contributed by atoms with Gasteiger partial charge in [-0.05, 0) is 23.1 Å². The summed E-state index contributed by atoms with van der Waals surface area (Å²) in [6.45, 7) is 0. The summed E-state index contributed by atoms with van der Waals surface area (Å²) < 4.78 is -0.802. The van der Waals surface area contributed by atoms with Crippen LogP contribution in [-0.4, -0.2) is 4.33 Å². The van der Waals surface area contributed by atoms with Crippen molar-refractivity contribution in [3.05, 3.63) is 76.8 Å². The van der Waals surface area contributed by atoms with Gasteiger partial charge in [0.2, 0.25) is 0 Å². The van der Waals surface area contributed by atoms with Crippen LogP contribution in [-0.2, 0) is 5.41 Å². The average molecular weight is 336 g/mol. The second-order valence-corrected chi connectivity index (χ2v) is 7.48. The molecule has 2 unspecified atom stereocenters. The molecule has 2 aliphatic carbocycles. The molecule has 2 atom stereocenters. The number of allylic oxidation sites excluding steroid dienone is 2. The fourth-order valence-corrected chi connectivity index (χ4v) is 5.41. The fraction of sp³-hybridized carbons (Fsp3) is 0.222. The van der Waals surface area contributed by atoms with Gasteiger partial charge in [0, 0.05) is 11.0 Å². The molecule has 1 saturated carbocycles. The lowest BCUT2D eigenvalue weighted by Gasteiger charge is -2.19. The molecule has 0 aliphatic heterocycles. The Labute approximate surface area is 139 Å². The molecule has 0 heterocycles. The van der Waals surface area contributed by atoms with Gasteiger partial charge in [-0.15, -0.1) is 0 Å². The maximum Gasteiger partial charge on any atom is 0.137 e. The number of benzene rings is 2. The second kappa shape index (κ2) is 4.52. The molecule has 0 radical (unpaired) electrons. The minimum Gasteiger partial charge on any atom is -0.0999 e. The lowest BCUT2D eigenvalue weighted by Crippen LogP contribution is -2.15. The van der Waals surface area contributed by atoms with E-state index >= 15 is 0 Å². The lowest BCUT2D eigenvalue weighted by molar-refractivity contribution is 0.769. The van der Waals surface area contributed by atoms with Gasteiger partial charge < -0.3 is 0 Å². The summed E-state index contributed by atoms with van der Waals surface area (Å²) in [5.74, 6) is 0.151. The van der Waals surface area contributed by atoms with Crippen molar-refractivity contribution in [1.82, 2.24) is 0 Å². The van der Waals surface area contributed by atoms with Crippen LogP contribution in [0.1, 0.15) is 17.5 Å². The summed E-state index contributed by atoms with van der Waals surface area (Å²) in [6, 6.07) is 20.4. The Morgan fingerprint density at radius 2 is 1.43 bits per heavy atom. The van der Waals surface area contributed by atoms with Crippen LogP contribution >= 0.6 is 34.8 Å². The molecule has 106 valence electrons. The molecule has 3 heteroatoms. The summed E-state index contributed by atoms with van der Waals surface area (Å²) in [7, 11) is 0. The Hall–Kier alpha value is -0.950. The highest BCUT2D eigenvalue weighted by molar-refractivity contribution is 6.55. The molecule has 0 amide bonds. The normalized spacial score (nSPS) is 29.4. The van der Waals surface area contributed by atoms with Crippen LogP contribution in [0.15, 0.2) is 65.7 Å². The minimum absolute atomic E-state index is 0.151. The summed E-state index contributed by atoms with van der Waals surface area (Å²) in [5.41, 5.74) is 3.00. The Bertz CT molecular complexity index is 719. The summed E-state index contributed by atoms with van der Waals surface area (Å²) in [5, 5.41) is 0.801. The van der Waals surface area contributed by atoms with E-state index in [-0.39, 0.29) is 5.92 Å². The van der Waals surface area contributed by atoms with Crippen LogP contribution in [0.3, 0.4) is 0 Å². The fourth-order valence-electron chi connectivity index (χ4n) is 3.69. The summed E-state index contributed by atoms with van der Waals surface area (Å²) in [4.78, 5) is 0. The molecule has 0 bridgehead atoms. The monoisotopic (exact) mass is 334 g/mol. The molecule has 21 heavy (non-hydrogen) atoms. The lowest BCUT2D eigenvalue weighted by atomic mass is 9.94. The van der Waals surface area contributed by atoms with E-state index in [1.807, 2.05) is 36.4 Å². The smallest absolute Gasteiger partial charge is 0.0999 e. The highest BCUT2D eigenvalue weighted by Gasteiger charge is 2.80. The van der Waals surface area contributed by atoms with Gasteiger partial charge in [0.25, 0.3) is 0 Å². The molecular weight excluding hydrogens is 323 g/mol. The van der Waals surface area contributed by atoms with Crippen LogP contribution in [0.5, 0.6) is 0 Å². The van der Waals surface area contributed by atoms with Crippen molar-refractivity contribution < 1.29 is 0 Å². The van der Waals surface area contributed by atoms with Crippen molar-refractivity contribution in [2.24, 2.45) is 5.92 Å². The Balaban J connectivity index is 1.89. The second-order valence-electron chi connectivity index (χ2n) is 5.71. The largest absolute Gasteiger partial charge is 0.137 e. The zero-order chi connectivity index (χ0) is 14.7. The zero-order valence-electron chi connectivity index (χ0n) is 11.2. The zero-order valence-corrected chi connectivity index (χ0v) is 13.5. The third-order valence-corrected chi connectivity index (χ3v) is 6.42. The van der Waals surface area contributed by atoms with E-state index in [9.17, 15) is 0 Å². The Morgan fingerprint density at radius 1 is 0.857 bits per heavy atom. The first-order valence-electron chi connectivity index (χ1n) is 6.98. The number of halogens is 3. The third kappa shape index (κ3) is 1.64. The quantitative estimate of drug-likeness (QED) is 0.610. The van der Waals surface area contributed by atoms with Crippen LogP contribution in [0.4, 0.5) is 0 Å². The first kappa shape index (κ1) is 13.7. The molecular formula is C18H13Cl3. The van der Waals surface area contributed by atoms with Gasteiger partial charge in [0.15, 0.2) is 0 Å². The van der Waals surface area contributed by atoms with Crippen molar-refractivity contribution in [1.29, 1.82) is 0 Å². The highest BCUT2D eigenvalue weighted by atomic mass is 35.5. The molecule has 1 fully saturated rings. The van der Waals surface area contributed by atoms with E-state index < -0.39 is 9.75 Å². The predicted molar refractivity (Wildman–Crippen MR) is 89.9 cm³/mol. The van der Waals surface area contributed by atoms with Crippen molar-refractivity contribution in [2.75, 3.05) is 0 Å². The van der Waals surface area contributed by atoms with E-state index in [0.717, 1.165) is 22.6 Å². The number of hydrogen-bond donors (Lipinski definition) is 0. The van der Waals surface area contributed by atoms with Crippen molar-refractivity contribution >= 4 is 40.4 Å². The van der Waals surface area contributed by atoms with E-state index in [4.69, 9.17) is 34.8 Å². The molecule has 0 aromatic heterocycles. The van der Waals surface area contributed by atoms with Crippen molar-refractivity contribution in [3.63, 3.8) is 0 Å². The maximum atomic E-state index is 6.79. The van der Waals surface area contributed by atoms with Crippen LogP contribution in [0, 0.1) is 5.92 Å². The number of fused-ring (bicyclic) bond motifs is 1. The molecule has 2 aliphatic rings. The molecule has 0 N–H and O–H groups in total. The molecule has 2 aromatic rings. The van der Waals surface area contributed by atoms with E-state index in [2.05, 4.69) is 24.3 Å². The van der Waals surface area contributed by atoms with Gasteiger partial charge in [0.1, 0.15) is 4.33 Å². The first-order chi connectivity index (χ1) is 10.1. The maximum absolute atomic E-state index is 6.79. The van der Waals surface area contributed by atoms with Crippen LogP contribution < -0.4 is 0 Å². The molecule has 4 rings (SSSR count). The molecule has 0 spiro atoms. The Morgan fingerprint density at radius 3 is 2.05 bits per heavy atom. The number of rotatable bonds is 2. The number of hydrogen-bond acceptors (Lipinski definition) is 0. The van der Waals surface area contributed by atoms with Crippen molar-refractivity contribution in [2.45, 2.75) is 16.2 Å². The van der Waals surface area contributed by atoms with E-state index in [0.29, 0.717) is 0 Å². The van der Waals surface area contributed by atoms with Crippen LogP contribution in [0.2, 0.25) is 0 Å². The van der Waals surface area contributed by atoms with E-state index in [1.54, 1.807) is 0 Å². The van der Waals surface area contributed by atoms with E-state index in [1.165, 1.54) is 5.57 Å². The minimum atomic E-state index is -0.802. The summed E-state index contributed by atoms with van der Waals surface area (Å²) in [6.07, 6.45) is 0.824. The van der Waals surface area contributed by atoms with Gasteiger partial charge in [-0.1, -0.05) is 95.5 Å². The van der Waals surface area contributed by atoms with Crippen molar-refractivity contribution in [3.8, 4) is 0 Å². The number of alkyl halides is 2. The van der Waals surface area contributed by atoms with Gasteiger partial charge >= 0.3 is 0 Å². The van der Waals surface area contributed by atoms with Gasteiger partial charge in [-0.25, -0.2) is 0 Å². The SMILES string of the molecule is ClC1=C(c2ccccc2)CC2C(Cl)(Cl)C12c1ccccc1. The highest BCUT2D eigenvalue weighted by Crippen LogP contribution is 2.79. The summed E-state index contributed by atoms with van der Waals surface area (Å²) >= 11 is 20.0. The van der Waals surface area contributed by atoms with Gasteiger partial charge in [-0.2, -0.15) is 0 Å². The molecule has 2 aromatic carbocycles. The Kier molecular flexibility index (Phi) is 2.95. The van der Waals surface area contributed by atoms with Crippen LogP contribution in [0.25, 0.3) is 5.57 Å². The first-order valence-corrected chi connectivity index (χ1v) is 8.11.